The summed E-state index contributed by atoms with van der Waals surface area (Å²) in [5, 5.41) is 11.9. The molecule has 3 rings (SSSR count). The van der Waals surface area contributed by atoms with E-state index in [1.165, 1.54) is 4.57 Å². The third-order valence-corrected chi connectivity index (χ3v) is 4.75. The Kier molecular flexibility index (Phi) is 5.08. The van der Waals surface area contributed by atoms with Gasteiger partial charge in [-0.05, 0) is 31.0 Å². The molecule has 0 aliphatic carbocycles. The molecule has 1 saturated heterocycles. The van der Waals surface area contributed by atoms with Crippen molar-refractivity contribution in [1.82, 2.24) is 14.8 Å². The minimum absolute atomic E-state index is 0.0740. The normalized spacial score (nSPS) is 16.3. The predicted molar refractivity (Wildman–Crippen MR) is 99.1 cm³/mol. The van der Waals surface area contributed by atoms with E-state index in [4.69, 9.17) is 5.26 Å². The molecule has 2 aromatic rings. The summed E-state index contributed by atoms with van der Waals surface area (Å²) >= 11 is 0. The van der Waals surface area contributed by atoms with Crippen LogP contribution in [-0.2, 0) is 17.8 Å². The lowest BCUT2D eigenvalue weighted by Crippen LogP contribution is -2.37. The molecule has 27 heavy (non-hydrogen) atoms. The molecule has 0 radical (unpaired) electrons. The van der Waals surface area contributed by atoms with Gasteiger partial charge in [0.25, 0.3) is 11.5 Å². The van der Waals surface area contributed by atoms with Gasteiger partial charge in [-0.2, -0.15) is 5.26 Å². The molecule has 3 amide bonds. The summed E-state index contributed by atoms with van der Waals surface area (Å²) in [4.78, 5) is 38.4. The zero-order valence-electron chi connectivity index (χ0n) is 15.2. The Balaban J connectivity index is 1.74. The van der Waals surface area contributed by atoms with Crippen molar-refractivity contribution in [3.63, 3.8) is 0 Å². The molecule has 1 aromatic heterocycles. The number of carbonyl (C=O) groups excluding carboxylic acids is 2. The number of carbonyl (C=O) groups is 2. The van der Waals surface area contributed by atoms with Gasteiger partial charge in [-0.25, -0.2) is 4.79 Å². The van der Waals surface area contributed by atoms with E-state index in [1.807, 2.05) is 36.4 Å². The average Bonchev–Trinajstić information content (AvgIpc) is 2.89. The maximum Gasteiger partial charge on any atom is 0.324 e. The Morgan fingerprint density at radius 3 is 2.48 bits per heavy atom. The van der Waals surface area contributed by atoms with Crippen molar-refractivity contribution in [2.75, 3.05) is 6.54 Å². The summed E-state index contributed by atoms with van der Waals surface area (Å²) < 4.78 is 1.43. The van der Waals surface area contributed by atoms with E-state index in [0.717, 1.165) is 10.5 Å². The Morgan fingerprint density at radius 1 is 1.11 bits per heavy atom. The van der Waals surface area contributed by atoms with Crippen LogP contribution in [0.15, 0.2) is 41.2 Å². The molecule has 1 aliphatic rings. The highest BCUT2D eigenvalue weighted by atomic mass is 16.2. The minimum Gasteiger partial charge on any atom is -0.325 e. The fraction of sp³-hybridized carbons (Fsp3) is 0.300. The Bertz CT molecular complexity index is 989. The smallest absolute Gasteiger partial charge is 0.324 e. The van der Waals surface area contributed by atoms with Crippen LogP contribution in [-0.4, -0.2) is 34.0 Å². The second kappa shape index (κ2) is 7.46. The molecule has 1 aliphatic heterocycles. The van der Waals surface area contributed by atoms with E-state index < -0.39 is 17.6 Å². The maximum absolute atomic E-state index is 12.6. The number of aromatic nitrogens is 1. The largest absolute Gasteiger partial charge is 0.325 e. The van der Waals surface area contributed by atoms with Crippen LogP contribution in [0.2, 0.25) is 0 Å². The van der Waals surface area contributed by atoms with Gasteiger partial charge in [0.05, 0.1) is 0 Å². The average molecular weight is 364 g/mol. The van der Waals surface area contributed by atoms with Gasteiger partial charge in [-0.1, -0.05) is 30.3 Å². The van der Waals surface area contributed by atoms with Crippen molar-refractivity contribution >= 4 is 11.9 Å². The van der Waals surface area contributed by atoms with Gasteiger partial charge in [0.2, 0.25) is 0 Å². The molecule has 1 fully saturated rings. The van der Waals surface area contributed by atoms with Gasteiger partial charge in [-0.3, -0.25) is 14.5 Å². The number of urea groups is 1. The highest BCUT2D eigenvalue weighted by molar-refractivity contribution is 6.04. The van der Waals surface area contributed by atoms with Crippen LogP contribution >= 0.6 is 0 Å². The van der Waals surface area contributed by atoms with Crippen LogP contribution in [0.5, 0.6) is 0 Å². The Labute approximate surface area is 156 Å². The molecule has 0 saturated carbocycles. The van der Waals surface area contributed by atoms with Crippen molar-refractivity contribution < 1.29 is 9.59 Å². The van der Waals surface area contributed by atoms with Crippen molar-refractivity contribution in [1.29, 1.82) is 5.26 Å². The zero-order valence-corrected chi connectivity index (χ0v) is 15.2. The van der Waals surface area contributed by atoms with Crippen LogP contribution in [0.4, 0.5) is 4.79 Å². The van der Waals surface area contributed by atoms with E-state index in [9.17, 15) is 14.4 Å². The van der Waals surface area contributed by atoms with Crippen molar-refractivity contribution in [2.24, 2.45) is 0 Å². The fourth-order valence-corrected chi connectivity index (χ4v) is 3.32. The number of pyridine rings is 1. The van der Waals surface area contributed by atoms with Gasteiger partial charge >= 0.3 is 6.03 Å². The quantitative estimate of drug-likeness (QED) is 0.814. The lowest BCUT2D eigenvalue weighted by Gasteiger charge is -2.16. The number of benzene rings is 1. The van der Waals surface area contributed by atoms with Crippen molar-refractivity contribution in [2.45, 2.75) is 32.9 Å². The van der Waals surface area contributed by atoms with E-state index in [2.05, 4.69) is 5.32 Å². The van der Waals surface area contributed by atoms with Gasteiger partial charge in [0, 0.05) is 25.2 Å². The molecule has 7 heteroatoms. The molecule has 138 valence electrons. The molecular formula is C20H20N4O3. The van der Waals surface area contributed by atoms with Gasteiger partial charge < -0.3 is 9.88 Å². The summed E-state index contributed by atoms with van der Waals surface area (Å²) in [5.74, 6) is -0.304. The number of imide groups is 1. The van der Waals surface area contributed by atoms with E-state index in [-0.39, 0.29) is 24.6 Å². The van der Waals surface area contributed by atoms with Crippen LogP contribution in [0, 0.1) is 25.2 Å². The number of aryl methyl sites for hydroxylation is 2. The lowest BCUT2D eigenvalue weighted by atomic mass is 10.1. The third-order valence-electron chi connectivity index (χ3n) is 4.75. The summed E-state index contributed by atoms with van der Waals surface area (Å²) in [7, 11) is 0. The maximum atomic E-state index is 12.6. The zero-order chi connectivity index (χ0) is 19.6. The summed E-state index contributed by atoms with van der Waals surface area (Å²) in [5.41, 5.74) is 1.95. The first-order chi connectivity index (χ1) is 12.9. The van der Waals surface area contributed by atoms with Crippen LogP contribution in [0.25, 0.3) is 0 Å². The van der Waals surface area contributed by atoms with Crippen LogP contribution < -0.4 is 10.9 Å². The molecule has 7 nitrogen and oxygen atoms in total. The standard InChI is InChI=1S/C20H20N4O3/c1-13-10-14(2)23(18(25)16(13)12-21)8-9-24-19(26)17(22-20(24)27)11-15-6-4-3-5-7-15/h3-7,10,17H,8-9,11H2,1-2H3,(H,22,27)/t17-/m1/s1. The first-order valence-electron chi connectivity index (χ1n) is 8.69. The number of nitrogens with one attached hydrogen (secondary N) is 1. The third kappa shape index (κ3) is 3.60. The molecule has 1 atom stereocenters. The summed E-state index contributed by atoms with van der Waals surface area (Å²) in [6.45, 7) is 3.70. The highest BCUT2D eigenvalue weighted by Crippen LogP contribution is 2.13. The van der Waals surface area contributed by atoms with Crippen molar-refractivity contribution in [3.8, 4) is 6.07 Å². The fourth-order valence-electron chi connectivity index (χ4n) is 3.32. The van der Waals surface area contributed by atoms with E-state index in [1.54, 1.807) is 19.9 Å². The summed E-state index contributed by atoms with van der Waals surface area (Å²) in [6.07, 6.45) is 0.421. The Hall–Kier alpha value is -3.40. The van der Waals surface area contributed by atoms with Crippen LogP contribution in [0.1, 0.15) is 22.4 Å². The van der Waals surface area contributed by atoms with Crippen molar-refractivity contribution in [3.05, 3.63) is 69.1 Å². The van der Waals surface area contributed by atoms with E-state index in [0.29, 0.717) is 17.7 Å². The lowest BCUT2D eigenvalue weighted by molar-refractivity contribution is -0.127. The van der Waals surface area contributed by atoms with Gasteiger partial charge in [0.15, 0.2) is 0 Å². The number of nitriles is 1. The first kappa shape index (κ1) is 18.4. The monoisotopic (exact) mass is 364 g/mol. The second-order valence-electron chi connectivity index (χ2n) is 6.59. The number of rotatable bonds is 5. The molecule has 0 unspecified atom stereocenters. The molecule has 1 aromatic carbocycles. The molecule has 0 spiro atoms. The van der Waals surface area contributed by atoms with Gasteiger partial charge in [-0.15, -0.1) is 0 Å². The number of hydrogen-bond acceptors (Lipinski definition) is 4. The van der Waals surface area contributed by atoms with Crippen LogP contribution in [0.3, 0.4) is 0 Å². The molecular weight excluding hydrogens is 344 g/mol. The topological polar surface area (TPSA) is 95.2 Å². The second-order valence-corrected chi connectivity index (χ2v) is 6.59. The first-order valence-corrected chi connectivity index (χ1v) is 8.69. The van der Waals surface area contributed by atoms with E-state index >= 15 is 0 Å². The number of amides is 3. The Morgan fingerprint density at radius 2 is 1.81 bits per heavy atom. The number of nitrogens with zero attached hydrogens (tertiary/aromatic N) is 3. The molecule has 0 bridgehead atoms. The highest BCUT2D eigenvalue weighted by Gasteiger charge is 2.37. The number of hydrogen-bond donors (Lipinski definition) is 1. The molecule has 2 heterocycles. The summed E-state index contributed by atoms with van der Waals surface area (Å²) in [6, 6.07) is 12.1. The SMILES string of the molecule is Cc1cc(C)n(CCN2C(=O)N[C@H](Cc3ccccc3)C2=O)c(=O)c1C#N. The minimum atomic E-state index is -0.606. The molecule has 1 N–H and O–H groups in total. The predicted octanol–water partition coefficient (Wildman–Crippen LogP) is 1.50. The van der Waals surface area contributed by atoms with Gasteiger partial charge in [0.1, 0.15) is 17.7 Å².